The fourth-order valence-electron chi connectivity index (χ4n) is 1.28. The van der Waals surface area contributed by atoms with Crippen molar-refractivity contribution in [3.8, 4) is 0 Å². The third-order valence-electron chi connectivity index (χ3n) is 2.27. The maximum Gasteiger partial charge on any atom is 0.396 e. The van der Waals surface area contributed by atoms with Crippen LogP contribution in [0.3, 0.4) is 0 Å². The third kappa shape index (κ3) is 8.56. The van der Waals surface area contributed by atoms with Crippen LogP contribution in [-0.4, -0.2) is 25.0 Å². The van der Waals surface area contributed by atoms with Crippen LogP contribution in [0.25, 0.3) is 0 Å². The second-order valence-corrected chi connectivity index (χ2v) is 4.30. The average Bonchev–Trinajstić information content (AvgIpc) is 2.28. The normalized spacial score (nSPS) is 10.8. The predicted molar refractivity (Wildman–Crippen MR) is 72.1 cm³/mol. The van der Waals surface area contributed by atoms with Gasteiger partial charge in [0.15, 0.2) is 0 Å². The summed E-state index contributed by atoms with van der Waals surface area (Å²) in [6.07, 6.45) is 6.04. The zero-order valence-electron chi connectivity index (χ0n) is 11.7. The van der Waals surface area contributed by atoms with Crippen LogP contribution in [0.2, 0.25) is 0 Å². The third-order valence-corrected chi connectivity index (χ3v) is 2.27. The first-order valence-corrected chi connectivity index (χ1v) is 6.21. The summed E-state index contributed by atoms with van der Waals surface area (Å²) in [5.74, 6) is -1.52. The van der Waals surface area contributed by atoms with Crippen LogP contribution in [0.4, 0.5) is 0 Å². The van der Waals surface area contributed by atoms with Crippen molar-refractivity contribution in [3.63, 3.8) is 0 Å². The summed E-state index contributed by atoms with van der Waals surface area (Å²) in [6, 6.07) is 0. The number of ether oxygens (including phenoxy) is 1. The molecule has 0 bridgehead atoms. The zero-order valence-corrected chi connectivity index (χ0v) is 11.7. The van der Waals surface area contributed by atoms with Gasteiger partial charge in [0.1, 0.15) is 0 Å². The highest BCUT2D eigenvalue weighted by Gasteiger charge is 2.12. The Labute approximate surface area is 109 Å². The molecule has 1 amide bonds. The van der Waals surface area contributed by atoms with Crippen LogP contribution in [0.1, 0.15) is 40.5 Å². The van der Waals surface area contributed by atoms with E-state index >= 15 is 0 Å². The molecule has 0 saturated carbocycles. The van der Waals surface area contributed by atoms with Gasteiger partial charge < -0.3 is 10.1 Å². The molecule has 0 aromatic heterocycles. The van der Waals surface area contributed by atoms with E-state index in [1.807, 2.05) is 13.0 Å². The zero-order chi connectivity index (χ0) is 14.0. The summed E-state index contributed by atoms with van der Waals surface area (Å²) >= 11 is 0. The maximum absolute atomic E-state index is 11.2. The van der Waals surface area contributed by atoms with Gasteiger partial charge >= 0.3 is 11.9 Å². The van der Waals surface area contributed by atoms with Crippen LogP contribution in [0, 0.1) is 0 Å². The van der Waals surface area contributed by atoms with E-state index in [1.54, 1.807) is 6.92 Å². The lowest BCUT2D eigenvalue weighted by molar-refractivity contribution is -0.154. The van der Waals surface area contributed by atoms with Crippen molar-refractivity contribution in [2.24, 2.45) is 0 Å². The molecular formula is C14H23NO3. The number of hydrogen-bond donors (Lipinski definition) is 1. The summed E-state index contributed by atoms with van der Waals surface area (Å²) in [5.41, 5.74) is 2.50. The van der Waals surface area contributed by atoms with Crippen LogP contribution in [0.15, 0.2) is 23.3 Å². The fraction of sp³-hybridized carbons (Fsp3) is 0.571. The highest BCUT2D eigenvalue weighted by Crippen LogP contribution is 2.05. The summed E-state index contributed by atoms with van der Waals surface area (Å²) in [4.78, 5) is 22.2. The number of rotatable bonds is 6. The molecule has 0 aliphatic rings. The molecule has 102 valence electrons. The Kier molecular flexibility index (Phi) is 8.62. The molecule has 0 fully saturated rings. The summed E-state index contributed by atoms with van der Waals surface area (Å²) in [5, 5.41) is 2.49. The van der Waals surface area contributed by atoms with E-state index in [4.69, 9.17) is 0 Å². The molecule has 18 heavy (non-hydrogen) atoms. The Balaban J connectivity index is 3.90. The van der Waals surface area contributed by atoms with Crippen molar-refractivity contribution in [2.75, 3.05) is 13.2 Å². The topological polar surface area (TPSA) is 55.4 Å². The van der Waals surface area contributed by atoms with E-state index in [9.17, 15) is 9.59 Å². The van der Waals surface area contributed by atoms with E-state index in [-0.39, 0.29) is 6.61 Å². The molecular weight excluding hydrogens is 230 g/mol. The fourth-order valence-corrected chi connectivity index (χ4v) is 1.28. The molecule has 1 N–H and O–H groups in total. The number of hydrogen-bond acceptors (Lipinski definition) is 3. The molecule has 0 rings (SSSR count). The minimum Gasteiger partial charge on any atom is -0.459 e. The van der Waals surface area contributed by atoms with Gasteiger partial charge in [-0.3, -0.25) is 4.79 Å². The number of amides is 1. The van der Waals surface area contributed by atoms with Crippen molar-refractivity contribution in [2.45, 2.75) is 40.5 Å². The summed E-state index contributed by atoms with van der Waals surface area (Å²) < 4.78 is 4.57. The Morgan fingerprint density at radius 3 is 2.39 bits per heavy atom. The first-order valence-electron chi connectivity index (χ1n) is 6.21. The maximum atomic E-state index is 11.2. The molecule has 0 heterocycles. The first kappa shape index (κ1) is 16.4. The van der Waals surface area contributed by atoms with Gasteiger partial charge in [0, 0.05) is 6.54 Å². The van der Waals surface area contributed by atoms with Crippen LogP contribution in [-0.2, 0) is 14.3 Å². The lowest BCUT2D eigenvalue weighted by Crippen LogP contribution is -2.32. The number of carbonyl (C=O) groups excluding carboxylic acids is 2. The highest BCUT2D eigenvalue weighted by atomic mass is 16.5. The molecule has 0 aliphatic carbocycles. The quantitative estimate of drug-likeness (QED) is 0.449. The van der Waals surface area contributed by atoms with Gasteiger partial charge in [-0.2, -0.15) is 0 Å². The molecule has 0 spiro atoms. The van der Waals surface area contributed by atoms with E-state index < -0.39 is 11.9 Å². The molecule has 0 unspecified atom stereocenters. The number of esters is 1. The molecule has 0 aromatic rings. The Morgan fingerprint density at radius 1 is 1.17 bits per heavy atom. The van der Waals surface area contributed by atoms with Gasteiger partial charge in [0.25, 0.3) is 0 Å². The van der Waals surface area contributed by atoms with E-state index in [0.29, 0.717) is 6.54 Å². The molecule has 0 saturated heterocycles. The smallest absolute Gasteiger partial charge is 0.396 e. The minimum absolute atomic E-state index is 0.212. The lowest BCUT2D eigenvalue weighted by atomic mass is 10.1. The van der Waals surface area contributed by atoms with E-state index in [0.717, 1.165) is 12.8 Å². The molecule has 0 aromatic carbocycles. The van der Waals surface area contributed by atoms with Gasteiger partial charge in [-0.25, -0.2) is 4.79 Å². The van der Waals surface area contributed by atoms with E-state index in [2.05, 4.69) is 30.0 Å². The molecule has 0 atom stereocenters. The standard InChI is InChI=1S/C14H23NO3/c1-5-18-14(17)13(16)15-10-9-12(4)8-6-7-11(2)3/h7,9H,5-6,8,10H2,1-4H3,(H,15,16). The summed E-state index contributed by atoms with van der Waals surface area (Å²) in [7, 11) is 0. The van der Waals surface area contributed by atoms with Gasteiger partial charge in [0.2, 0.25) is 0 Å². The van der Waals surface area contributed by atoms with Crippen molar-refractivity contribution < 1.29 is 14.3 Å². The van der Waals surface area contributed by atoms with Crippen LogP contribution < -0.4 is 5.32 Å². The van der Waals surface area contributed by atoms with Crippen molar-refractivity contribution in [3.05, 3.63) is 23.3 Å². The van der Waals surface area contributed by atoms with Crippen LogP contribution in [0.5, 0.6) is 0 Å². The number of allylic oxidation sites excluding steroid dienone is 3. The van der Waals surface area contributed by atoms with E-state index in [1.165, 1.54) is 11.1 Å². The Bertz CT molecular complexity index is 339. The van der Waals surface area contributed by atoms with Gasteiger partial charge in [-0.1, -0.05) is 23.3 Å². The second-order valence-electron chi connectivity index (χ2n) is 4.30. The molecule has 4 nitrogen and oxygen atoms in total. The minimum atomic E-state index is -0.826. The van der Waals surface area contributed by atoms with Crippen molar-refractivity contribution in [1.29, 1.82) is 0 Å². The first-order chi connectivity index (χ1) is 8.47. The van der Waals surface area contributed by atoms with Gasteiger partial charge in [0.05, 0.1) is 6.61 Å². The lowest BCUT2D eigenvalue weighted by Gasteiger charge is -2.03. The monoisotopic (exact) mass is 253 g/mol. The number of nitrogens with one attached hydrogen (secondary N) is 1. The Hall–Kier alpha value is -1.58. The molecule has 0 radical (unpaired) electrons. The number of carbonyl (C=O) groups is 2. The molecule has 0 aliphatic heterocycles. The van der Waals surface area contributed by atoms with Gasteiger partial charge in [-0.05, 0) is 40.5 Å². The molecule has 4 heteroatoms. The SMILES string of the molecule is CCOC(=O)C(=O)NCC=C(C)CCC=C(C)C. The van der Waals surface area contributed by atoms with Crippen molar-refractivity contribution >= 4 is 11.9 Å². The summed E-state index contributed by atoms with van der Waals surface area (Å²) in [6.45, 7) is 8.38. The predicted octanol–water partition coefficient (Wildman–Crippen LogP) is 2.36. The Morgan fingerprint density at radius 2 is 1.83 bits per heavy atom. The van der Waals surface area contributed by atoms with Crippen molar-refractivity contribution in [1.82, 2.24) is 5.32 Å². The largest absolute Gasteiger partial charge is 0.459 e. The van der Waals surface area contributed by atoms with Gasteiger partial charge in [-0.15, -0.1) is 0 Å². The van der Waals surface area contributed by atoms with Crippen LogP contribution >= 0.6 is 0 Å². The highest BCUT2D eigenvalue weighted by molar-refractivity contribution is 6.32. The average molecular weight is 253 g/mol. The second kappa shape index (κ2) is 9.45.